The predicted octanol–water partition coefficient (Wildman–Crippen LogP) is 0.385. The van der Waals surface area contributed by atoms with Crippen LogP contribution in [-0.2, 0) is 0 Å². The van der Waals surface area contributed by atoms with Gasteiger partial charge in [-0.05, 0) is 35.2 Å². The highest BCUT2D eigenvalue weighted by atomic mass is 79.9. The van der Waals surface area contributed by atoms with E-state index in [1.165, 1.54) is 10.8 Å². The molecule has 82 valence electrons. The molecule has 5 nitrogen and oxygen atoms in total. The van der Waals surface area contributed by atoms with Crippen LogP contribution in [0.5, 0.6) is 0 Å². The lowest BCUT2D eigenvalue weighted by atomic mass is 10.2. The maximum atomic E-state index is 11.5. The monoisotopic (exact) mass is 274 g/mol. The van der Waals surface area contributed by atoms with Crippen molar-refractivity contribution >= 4 is 15.9 Å². The molecule has 0 bridgehead atoms. The van der Waals surface area contributed by atoms with Gasteiger partial charge in [0.1, 0.15) is 0 Å². The quantitative estimate of drug-likeness (QED) is 0.778. The van der Waals surface area contributed by atoms with Crippen molar-refractivity contribution in [2.75, 3.05) is 0 Å². The van der Waals surface area contributed by atoms with Crippen LogP contribution in [0.2, 0.25) is 0 Å². The Bertz CT molecular complexity index is 479. The van der Waals surface area contributed by atoms with Gasteiger partial charge < -0.3 is 5.11 Å². The van der Waals surface area contributed by atoms with E-state index in [4.69, 9.17) is 0 Å². The van der Waals surface area contributed by atoms with Crippen molar-refractivity contribution in [3.8, 4) is 0 Å². The van der Waals surface area contributed by atoms with E-state index >= 15 is 0 Å². The first kappa shape index (κ1) is 10.6. The number of aliphatic hydroxyl groups excluding tert-OH is 1. The number of aliphatic hydroxyl groups is 1. The number of nitrogens with zero attached hydrogens (tertiary/aromatic N) is 1. The highest BCUT2D eigenvalue weighted by molar-refractivity contribution is 9.10. The first-order valence-corrected chi connectivity index (χ1v) is 5.58. The molecule has 0 aliphatic heterocycles. The molecule has 1 aliphatic rings. The summed E-state index contributed by atoms with van der Waals surface area (Å²) in [6, 6.07) is -0.217. The average molecular weight is 275 g/mol. The van der Waals surface area contributed by atoms with Crippen molar-refractivity contribution in [1.82, 2.24) is 9.55 Å². The van der Waals surface area contributed by atoms with E-state index in [0.29, 0.717) is 10.9 Å². The number of hydrogen-bond donors (Lipinski definition) is 2. The molecule has 1 fully saturated rings. The van der Waals surface area contributed by atoms with E-state index < -0.39 is 17.4 Å². The SMILES string of the molecule is O=c1[nH]c(=O)n([C@H]2CCC[C@@H]2O)cc1Br. The van der Waals surface area contributed by atoms with Crippen molar-refractivity contribution in [2.45, 2.75) is 31.4 Å². The van der Waals surface area contributed by atoms with Gasteiger partial charge in [-0.15, -0.1) is 0 Å². The standard InChI is InChI=1S/C9H11BrN2O3/c10-5-4-12(9(15)11-8(5)14)6-2-1-3-7(6)13/h4,6-7,13H,1-3H2,(H,11,14,15)/t6-,7-/m0/s1. The molecule has 0 aromatic carbocycles. The third-order valence-electron chi connectivity index (χ3n) is 2.73. The molecule has 2 rings (SSSR count). The van der Waals surface area contributed by atoms with Gasteiger partial charge in [-0.2, -0.15) is 0 Å². The summed E-state index contributed by atoms with van der Waals surface area (Å²) in [4.78, 5) is 24.8. The molecule has 0 amide bonds. The third-order valence-corrected chi connectivity index (χ3v) is 3.29. The van der Waals surface area contributed by atoms with Crippen molar-refractivity contribution in [3.05, 3.63) is 31.5 Å². The van der Waals surface area contributed by atoms with Crippen LogP contribution in [0.3, 0.4) is 0 Å². The molecule has 2 N–H and O–H groups in total. The Morgan fingerprint density at radius 1 is 1.47 bits per heavy atom. The predicted molar refractivity (Wildman–Crippen MR) is 57.9 cm³/mol. The molecule has 0 saturated heterocycles. The zero-order valence-corrected chi connectivity index (χ0v) is 9.53. The number of halogens is 1. The minimum Gasteiger partial charge on any atom is -0.391 e. The highest BCUT2D eigenvalue weighted by Gasteiger charge is 2.27. The molecule has 1 aromatic heterocycles. The van der Waals surface area contributed by atoms with Gasteiger partial charge in [-0.1, -0.05) is 0 Å². The van der Waals surface area contributed by atoms with Crippen molar-refractivity contribution in [2.24, 2.45) is 0 Å². The summed E-state index contributed by atoms with van der Waals surface area (Å²) in [5, 5.41) is 9.66. The molecule has 15 heavy (non-hydrogen) atoms. The molecular weight excluding hydrogens is 264 g/mol. The smallest absolute Gasteiger partial charge is 0.328 e. The Kier molecular flexibility index (Phi) is 2.79. The molecule has 6 heteroatoms. The average Bonchev–Trinajstić information content (AvgIpc) is 2.58. The second-order valence-corrected chi connectivity index (χ2v) is 4.56. The van der Waals surface area contributed by atoms with E-state index in [-0.39, 0.29) is 6.04 Å². The van der Waals surface area contributed by atoms with E-state index in [2.05, 4.69) is 20.9 Å². The lowest BCUT2D eigenvalue weighted by Gasteiger charge is -2.17. The second-order valence-electron chi connectivity index (χ2n) is 3.71. The van der Waals surface area contributed by atoms with Gasteiger partial charge in [0.15, 0.2) is 0 Å². The molecular formula is C9H11BrN2O3. The second kappa shape index (κ2) is 3.94. The maximum Gasteiger partial charge on any atom is 0.328 e. The van der Waals surface area contributed by atoms with Crippen LogP contribution in [0.15, 0.2) is 20.3 Å². The van der Waals surface area contributed by atoms with Gasteiger partial charge in [-0.25, -0.2) is 4.79 Å². The fraction of sp³-hybridized carbons (Fsp3) is 0.556. The van der Waals surface area contributed by atoms with Gasteiger partial charge in [0.05, 0.1) is 16.6 Å². The molecule has 1 aliphatic carbocycles. The summed E-state index contributed by atoms with van der Waals surface area (Å²) in [6.07, 6.45) is 3.31. The van der Waals surface area contributed by atoms with Gasteiger partial charge >= 0.3 is 5.69 Å². The number of aromatic nitrogens is 2. The van der Waals surface area contributed by atoms with Gasteiger partial charge in [0.2, 0.25) is 0 Å². The summed E-state index contributed by atoms with van der Waals surface area (Å²) in [5.74, 6) is 0. The molecule has 1 aromatic rings. The fourth-order valence-electron chi connectivity index (χ4n) is 1.95. The number of rotatable bonds is 1. The Labute approximate surface area is 93.9 Å². The van der Waals surface area contributed by atoms with Crippen LogP contribution in [-0.4, -0.2) is 20.8 Å². The number of aromatic amines is 1. The molecule has 0 radical (unpaired) electrons. The van der Waals surface area contributed by atoms with E-state index in [0.717, 1.165) is 12.8 Å². The highest BCUT2D eigenvalue weighted by Crippen LogP contribution is 2.28. The summed E-state index contributed by atoms with van der Waals surface area (Å²) >= 11 is 3.06. The summed E-state index contributed by atoms with van der Waals surface area (Å²) in [7, 11) is 0. The third kappa shape index (κ3) is 1.91. The zero-order valence-electron chi connectivity index (χ0n) is 7.94. The molecule has 0 spiro atoms. The Morgan fingerprint density at radius 2 is 2.20 bits per heavy atom. The Hall–Kier alpha value is -0.880. The van der Waals surface area contributed by atoms with Crippen molar-refractivity contribution < 1.29 is 5.11 Å². The van der Waals surface area contributed by atoms with Crippen LogP contribution in [0.25, 0.3) is 0 Å². The van der Waals surface area contributed by atoms with E-state index in [1.807, 2.05) is 0 Å². The number of H-pyrrole nitrogens is 1. The Morgan fingerprint density at radius 3 is 2.80 bits per heavy atom. The summed E-state index contributed by atoms with van der Waals surface area (Å²) < 4.78 is 1.70. The summed E-state index contributed by atoms with van der Waals surface area (Å²) in [6.45, 7) is 0. The number of hydrogen-bond acceptors (Lipinski definition) is 3. The van der Waals surface area contributed by atoms with Gasteiger partial charge in [0, 0.05) is 6.20 Å². The largest absolute Gasteiger partial charge is 0.391 e. The van der Waals surface area contributed by atoms with Gasteiger partial charge in [-0.3, -0.25) is 14.3 Å². The minimum absolute atomic E-state index is 0.217. The summed E-state index contributed by atoms with van der Waals surface area (Å²) in [5.41, 5.74) is -0.905. The van der Waals surface area contributed by atoms with Crippen molar-refractivity contribution in [3.63, 3.8) is 0 Å². The zero-order chi connectivity index (χ0) is 11.0. The van der Waals surface area contributed by atoms with Crippen molar-refractivity contribution in [1.29, 1.82) is 0 Å². The van der Waals surface area contributed by atoms with Crippen LogP contribution in [0.1, 0.15) is 25.3 Å². The van der Waals surface area contributed by atoms with Crippen LogP contribution < -0.4 is 11.2 Å². The number of nitrogens with one attached hydrogen (secondary N) is 1. The van der Waals surface area contributed by atoms with Crippen LogP contribution >= 0.6 is 15.9 Å². The minimum atomic E-state index is -0.500. The first-order valence-electron chi connectivity index (χ1n) is 4.78. The maximum absolute atomic E-state index is 11.5. The van der Waals surface area contributed by atoms with E-state index in [9.17, 15) is 14.7 Å². The molecule has 1 heterocycles. The van der Waals surface area contributed by atoms with Crippen LogP contribution in [0.4, 0.5) is 0 Å². The van der Waals surface area contributed by atoms with Crippen LogP contribution in [0, 0.1) is 0 Å². The first-order chi connectivity index (χ1) is 7.09. The molecule has 0 unspecified atom stereocenters. The normalized spacial score (nSPS) is 25.7. The van der Waals surface area contributed by atoms with Gasteiger partial charge in [0.25, 0.3) is 5.56 Å². The molecule has 2 atom stereocenters. The fourth-order valence-corrected chi connectivity index (χ4v) is 2.27. The topological polar surface area (TPSA) is 75.1 Å². The lowest BCUT2D eigenvalue weighted by Crippen LogP contribution is -2.35. The van der Waals surface area contributed by atoms with E-state index in [1.54, 1.807) is 0 Å². The molecule has 1 saturated carbocycles. The lowest BCUT2D eigenvalue weighted by molar-refractivity contribution is 0.134. The Balaban J connectivity index is 2.48.